The van der Waals surface area contributed by atoms with Gasteiger partial charge in [0.1, 0.15) is 5.69 Å². The Morgan fingerprint density at radius 1 is 1.30 bits per heavy atom. The number of nitrogens with zero attached hydrogens (tertiary/aromatic N) is 3. The van der Waals surface area contributed by atoms with Crippen LogP contribution in [0, 0.1) is 0 Å². The molecule has 5 nitrogen and oxygen atoms in total. The number of hydrogen-bond donors (Lipinski definition) is 2. The maximum atomic E-state index is 4.28. The van der Waals surface area contributed by atoms with Gasteiger partial charge < -0.3 is 5.32 Å². The molecule has 0 aliphatic heterocycles. The molecule has 0 spiro atoms. The first kappa shape index (κ1) is 11.6. The van der Waals surface area contributed by atoms with Crippen LogP contribution in [0.15, 0.2) is 35.8 Å². The molecule has 0 saturated heterocycles. The van der Waals surface area contributed by atoms with Gasteiger partial charge >= 0.3 is 0 Å². The van der Waals surface area contributed by atoms with Gasteiger partial charge in [0.15, 0.2) is 5.82 Å². The third-order valence-corrected chi connectivity index (χ3v) is 4.21. The van der Waals surface area contributed by atoms with Gasteiger partial charge in [-0.15, -0.1) is 16.4 Å². The van der Waals surface area contributed by atoms with E-state index in [0.29, 0.717) is 5.92 Å². The Bertz CT molecular complexity index is 715. The lowest BCUT2D eigenvalue weighted by atomic mass is 10.3. The van der Waals surface area contributed by atoms with E-state index in [9.17, 15) is 0 Å². The van der Waals surface area contributed by atoms with Crippen molar-refractivity contribution in [2.45, 2.75) is 18.8 Å². The Morgan fingerprint density at radius 2 is 2.25 bits per heavy atom. The average Bonchev–Trinajstić information content (AvgIpc) is 3.00. The van der Waals surface area contributed by atoms with Crippen molar-refractivity contribution in [1.82, 2.24) is 20.4 Å². The van der Waals surface area contributed by atoms with E-state index in [2.05, 4.69) is 31.8 Å². The minimum atomic E-state index is 0.676. The lowest BCUT2D eigenvalue weighted by Crippen LogP contribution is -1.94. The largest absolute Gasteiger partial charge is 0.337 e. The highest BCUT2D eigenvalue weighted by Gasteiger charge is 2.25. The van der Waals surface area contributed by atoms with Crippen molar-refractivity contribution < 1.29 is 0 Å². The molecule has 3 heterocycles. The third-order valence-electron chi connectivity index (χ3n) is 3.32. The van der Waals surface area contributed by atoms with Crippen molar-refractivity contribution in [3.8, 4) is 10.6 Å². The van der Waals surface area contributed by atoms with Gasteiger partial charge in [-0.25, -0.2) is 0 Å². The number of H-pyrrole nitrogens is 1. The number of nitrogens with one attached hydrogen (secondary N) is 2. The van der Waals surface area contributed by atoms with Gasteiger partial charge in [-0.3, -0.25) is 5.10 Å². The zero-order valence-corrected chi connectivity index (χ0v) is 11.5. The van der Waals surface area contributed by atoms with Gasteiger partial charge in [-0.05, 0) is 30.4 Å². The molecule has 20 heavy (non-hydrogen) atoms. The van der Waals surface area contributed by atoms with Crippen LogP contribution in [0.25, 0.3) is 10.6 Å². The van der Waals surface area contributed by atoms with E-state index in [1.54, 1.807) is 17.5 Å². The van der Waals surface area contributed by atoms with E-state index in [0.717, 1.165) is 22.1 Å². The van der Waals surface area contributed by atoms with Crippen molar-refractivity contribution >= 4 is 22.8 Å². The van der Waals surface area contributed by atoms with Crippen LogP contribution >= 0.6 is 11.3 Å². The highest BCUT2D eigenvalue weighted by Crippen LogP contribution is 2.39. The Kier molecular flexibility index (Phi) is 2.74. The molecular weight excluding hydrogens is 270 g/mol. The molecule has 3 aromatic rings. The fourth-order valence-electron chi connectivity index (χ4n) is 2.13. The van der Waals surface area contributed by atoms with Crippen LogP contribution in [0.3, 0.4) is 0 Å². The lowest BCUT2D eigenvalue weighted by Gasteiger charge is -2.03. The Hall–Kier alpha value is -2.21. The number of thiophene rings is 1. The predicted octanol–water partition coefficient (Wildman–Crippen LogP) is 3.55. The van der Waals surface area contributed by atoms with Crippen LogP contribution in [0.5, 0.6) is 0 Å². The number of aromatic amines is 1. The first-order valence-corrected chi connectivity index (χ1v) is 7.45. The molecule has 3 aromatic heterocycles. The molecule has 0 aromatic carbocycles. The van der Waals surface area contributed by atoms with Gasteiger partial charge in [0.25, 0.3) is 0 Å². The second kappa shape index (κ2) is 4.72. The first-order chi connectivity index (χ1) is 9.88. The van der Waals surface area contributed by atoms with Crippen molar-refractivity contribution in [2.24, 2.45) is 0 Å². The molecule has 1 aliphatic rings. The van der Waals surface area contributed by atoms with Gasteiger partial charge in [-0.2, -0.15) is 10.2 Å². The summed E-state index contributed by atoms with van der Waals surface area (Å²) >= 11 is 1.66. The number of hydrogen-bond acceptors (Lipinski definition) is 5. The second-order valence-electron chi connectivity index (χ2n) is 4.91. The summed E-state index contributed by atoms with van der Waals surface area (Å²) in [5.74, 6) is 1.51. The molecule has 0 atom stereocenters. The molecule has 2 N–H and O–H groups in total. The summed E-state index contributed by atoms with van der Waals surface area (Å²) in [5.41, 5.74) is 2.99. The van der Waals surface area contributed by atoms with E-state index in [1.807, 2.05) is 23.6 Å². The molecule has 1 saturated carbocycles. The van der Waals surface area contributed by atoms with Crippen LogP contribution in [-0.4, -0.2) is 20.4 Å². The standard InChI is InChI=1S/C14H13N5S/c1-2-13(20-5-1)12-6-10(8-15-17-12)16-14-7-11(18-19-14)9-3-4-9/h1-2,5-9H,3-4H2,(H2,16,17,18,19). The van der Waals surface area contributed by atoms with Crippen LogP contribution in [-0.2, 0) is 0 Å². The Labute approximate surface area is 120 Å². The second-order valence-corrected chi connectivity index (χ2v) is 5.86. The van der Waals surface area contributed by atoms with Crippen molar-refractivity contribution in [1.29, 1.82) is 0 Å². The molecular formula is C14H13N5S. The molecule has 6 heteroatoms. The maximum Gasteiger partial charge on any atom is 0.152 e. The topological polar surface area (TPSA) is 66.5 Å². The Balaban J connectivity index is 1.57. The summed E-state index contributed by atoms with van der Waals surface area (Å²) < 4.78 is 0. The van der Waals surface area contributed by atoms with E-state index >= 15 is 0 Å². The predicted molar refractivity (Wildman–Crippen MR) is 79.2 cm³/mol. The van der Waals surface area contributed by atoms with Crippen LogP contribution in [0.1, 0.15) is 24.5 Å². The number of anilines is 2. The van der Waals surface area contributed by atoms with Gasteiger partial charge in [-0.1, -0.05) is 6.07 Å². The minimum absolute atomic E-state index is 0.676. The number of rotatable bonds is 4. The summed E-state index contributed by atoms with van der Waals surface area (Å²) in [6, 6.07) is 8.11. The van der Waals surface area contributed by atoms with Crippen LogP contribution < -0.4 is 5.32 Å². The monoisotopic (exact) mass is 283 g/mol. The third kappa shape index (κ3) is 2.30. The van der Waals surface area contributed by atoms with E-state index in [1.165, 1.54) is 18.5 Å². The average molecular weight is 283 g/mol. The van der Waals surface area contributed by atoms with E-state index in [-0.39, 0.29) is 0 Å². The SMILES string of the molecule is c1csc(-c2cc(Nc3cc(C4CC4)[nH]n3)cnn2)c1. The molecule has 0 radical (unpaired) electrons. The molecule has 1 aliphatic carbocycles. The maximum absolute atomic E-state index is 4.28. The summed E-state index contributed by atoms with van der Waals surface area (Å²) in [6.45, 7) is 0. The lowest BCUT2D eigenvalue weighted by molar-refractivity contribution is 0.966. The highest BCUT2D eigenvalue weighted by atomic mass is 32.1. The summed E-state index contributed by atoms with van der Waals surface area (Å²) in [6.07, 6.45) is 4.24. The Morgan fingerprint density at radius 3 is 3.05 bits per heavy atom. The van der Waals surface area contributed by atoms with Gasteiger partial charge in [0, 0.05) is 17.7 Å². The quantitative estimate of drug-likeness (QED) is 0.768. The highest BCUT2D eigenvalue weighted by molar-refractivity contribution is 7.13. The smallest absolute Gasteiger partial charge is 0.152 e. The van der Waals surface area contributed by atoms with Gasteiger partial charge in [0.2, 0.25) is 0 Å². The minimum Gasteiger partial charge on any atom is -0.337 e. The van der Waals surface area contributed by atoms with Crippen molar-refractivity contribution in [3.63, 3.8) is 0 Å². The molecule has 0 amide bonds. The zero-order valence-electron chi connectivity index (χ0n) is 10.7. The normalized spacial score (nSPS) is 14.4. The van der Waals surface area contributed by atoms with Gasteiger partial charge in [0.05, 0.1) is 16.8 Å². The fourth-order valence-corrected chi connectivity index (χ4v) is 2.81. The fraction of sp³-hybridized carbons (Fsp3) is 0.214. The molecule has 1 fully saturated rings. The molecule has 0 bridgehead atoms. The van der Waals surface area contributed by atoms with Crippen LogP contribution in [0.2, 0.25) is 0 Å². The van der Waals surface area contributed by atoms with E-state index in [4.69, 9.17) is 0 Å². The molecule has 0 unspecified atom stereocenters. The number of aromatic nitrogens is 4. The van der Waals surface area contributed by atoms with Crippen LogP contribution in [0.4, 0.5) is 11.5 Å². The summed E-state index contributed by atoms with van der Waals surface area (Å²) in [7, 11) is 0. The van der Waals surface area contributed by atoms with E-state index < -0.39 is 0 Å². The summed E-state index contributed by atoms with van der Waals surface area (Å²) in [5, 5.41) is 20.9. The summed E-state index contributed by atoms with van der Waals surface area (Å²) in [4.78, 5) is 1.11. The zero-order chi connectivity index (χ0) is 13.4. The molecule has 100 valence electrons. The van der Waals surface area contributed by atoms with Crippen molar-refractivity contribution in [2.75, 3.05) is 5.32 Å². The first-order valence-electron chi connectivity index (χ1n) is 6.57. The molecule has 4 rings (SSSR count). The van der Waals surface area contributed by atoms with Crippen molar-refractivity contribution in [3.05, 3.63) is 41.5 Å².